The topological polar surface area (TPSA) is 40.5 Å². The van der Waals surface area contributed by atoms with Crippen molar-refractivity contribution in [3.05, 3.63) is 23.3 Å². The van der Waals surface area contributed by atoms with Crippen molar-refractivity contribution in [2.75, 3.05) is 0 Å². The lowest BCUT2D eigenvalue weighted by atomic mass is 9.70. The van der Waals surface area contributed by atoms with Gasteiger partial charge < -0.3 is 10.2 Å². The summed E-state index contributed by atoms with van der Waals surface area (Å²) in [6, 6.07) is 0. The maximum atomic E-state index is 9.75. The Morgan fingerprint density at radius 1 is 1.00 bits per heavy atom. The van der Waals surface area contributed by atoms with Crippen LogP contribution in [0.15, 0.2) is 23.3 Å². The van der Waals surface area contributed by atoms with Gasteiger partial charge in [-0.3, -0.25) is 0 Å². The Labute approximate surface area is 78.6 Å². The van der Waals surface area contributed by atoms with E-state index in [0.29, 0.717) is 0 Å². The monoisotopic (exact) mass is 180 g/mol. The van der Waals surface area contributed by atoms with Crippen LogP contribution in [-0.4, -0.2) is 22.4 Å². The molecular weight excluding hydrogens is 164 g/mol. The average molecular weight is 180 g/mol. The van der Waals surface area contributed by atoms with Gasteiger partial charge in [-0.05, 0) is 20.3 Å². The van der Waals surface area contributed by atoms with Gasteiger partial charge in [-0.25, -0.2) is 0 Å². The fourth-order valence-electron chi connectivity index (χ4n) is 2.48. The van der Waals surface area contributed by atoms with Crippen LogP contribution in [0.3, 0.4) is 0 Å². The normalized spacial score (nSPS) is 44.0. The molecule has 0 aromatic rings. The summed E-state index contributed by atoms with van der Waals surface area (Å²) in [6.45, 7) is 3.98. The van der Waals surface area contributed by atoms with Crippen molar-refractivity contribution in [1.82, 2.24) is 0 Å². The lowest BCUT2D eigenvalue weighted by Gasteiger charge is -2.38. The van der Waals surface area contributed by atoms with Gasteiger partial charge in [0.1, 0.15) is 0 Å². The van der Waals surface area contributed by atoms with Crippen molar-refractivity contribution in [1.29, 1.82) is 0 Å². The van der Waals surface area contributed by atoms with E-state index in [2.05, 4.69) is 0 Å². The van der Waals surface area contributed by atoms with Crippen molar-refractivity contribution < 1.29 is 10.2 Å². The highest BCUT2D eigenvalue weighted by Crippen LogP contribution is 2.39. The Balaban J connectivity index is 2.36. The van der Waals surface area contributed by atoms with E-state index < -0.39 is 0 Å². The molecule has 0 amide bonds. The van der Waals surface area contributed by atoms with Crippen molar-refractivity contribution >= 4 is 0 Å². The first-order chi connectivity index (χ1) is 6.09. The predicted octanol–water partition coefficient (Wildman–Crippen LogP) is 1.25. The van der Waals surface area contributed by atoms with Crippen LogP contribution in [0.5, 0.6) is 0 Å². The van der Waals surface area contributed by atoms with Gasteiger partial charge in [0.25, 0.3) is 0 Å². The van der Waals surface area contributed by atoms with Crippen LogP contribution in [-0.2, 0) is 0 Å². The van der Waals surface area contributed by atoms with Gasteiger partial charge in [0.2, 0.25) is 0 Å². The standard InChI is InChI=1S/C11H16O2/c1-6-3-10(12)9-5-8(6)11(13)4-7(9)2/h3-4,8-13H,5H2,1-2H3/t8-,9-,10+,11+/m1/s1. The zero-order chi connectivity index (χ0) is 9.59. The molecule has 2 heteroatoms. The van der Waals surface area contributed by atoms with Gasteiger partial charge >= 0.3 is 0 Å². The van der Waals surface area contributed by atoms with Crippen molar-refractivity contribution in [2.24, 2.45) is 11.8 Å². The second-order valence-electron chi connectivity index (χ2n) is 4.25. The van der Waals surface area contributed by atoms with Gasteiger partial charge in [-0.2, -0.15) is 0 Å². The smallest absolute Gasteiger partial charge is 0.0788 e. The van der Waals surface area contributed by atoms with Crippen LogP contribution in [0.4, 0.5) is 0 Å². The molecule has 2 aliphatic rings. The molecule has 0 saturated carbocycles. The summed E-state index contributed by atoms with van der Waals surface area (Å²) in [4.78, 5) is 0. The van der Waals surface area contributed by atoms with E-state index in [0.717, 1.165) is 17.6 Å². The number of aliphatic hydroxyl groups is 2. The Morgan fingerprint density at radius 3 is 1.77 bits per heavy atom. The summed E-state index contributed by atoms with van der Waals surface area (Å²) >= 11 is 0. The second kappa shape index (κ2) is 2.96. The Morgan fingerprint density at radius 2 is 1.38 bits per heavy atom. The molecule has 0 aromatic heterocycles. The zero-order valence-electron chi connectivity index (χ0n) is 8.07. The van der Waals surface area contributed by atoms with Crippen LogP contribution in [0.1, 0.15) is 20.3 Å². The minimum atomic E-state index is -0.347. The maximum absolute atomic E-state index is 9.75. The van der Waals surface area contributed by atoms with Crippen molar-refractivity contribution in [2.45, 2.75) is 32.5 Å². The van der Waals surface area contributed by atoms with Crippen LogP contribution in [0, 0.1) is 11.8 Å². The summed E-state index contributed by atoms with van der Waals surface area (Å²) in [5.74, 6) is 0.467. The number of hydrogen-bond acceptors (Lipinski definition) is 2. The van der Waals surface area contributed by atoms with E-state index in [1.165, 1.54) is 0 Å². The van der Waals surface area contributed by atoms with Crippen LogP contribution in [0.25, 0.3) is 0 Å². The lowest BCUT2D eigenvalue weighted by Crippen LogP contribution is -2.37. The molecule has 0 unspecified atom stereocenters. The highest BCUT2D eigenvalue weighted by atomic mass is 16.3. The third-order valence-corrected chi connectivity index (χ3v) is 3.37. The quantitative estimate of drug-likeness (QED) is 0.551. The molecule has 2 N–H and O–H groups in total. The number of aliphatic hydroxyl groups excluding tert-OH is 2. The van der Waals surface area contributed by atoms with Gasteiger partial charge in [0.15, 0.2) is 0 Å². The van der Waals surface area contributed by atoms with E-state index in [-0.39, 0.29) is 24.0 Å². The summed E-state index contributed by atoms with van der Waals surface area (Å²) < 4.78 is 0. The third-order valence-electron chi connectivity index (χ3n) is 3.37. The fourth-order valence-corrected chi connectivity index (χ4v) is 2.48. The fraction of sp³-hybridized carbons (Fsp3) is 0.636. The van der Waals surface area contributed by atoms with Crippen LogP contribution < -0.4 is 0 Å². The molecule has 13 heavy (non-hydrogen) atoms. The number of hydrogen-bond donors (Lipinski definition) is 2. The molecule has 2 aliphatic carbocycles. The molecule has 4 atom stereocenters. The maximum Gasteiger partial charge on any atom is 0.0788 e. The summed E-state index contributed by atoms with van der Waals surface area (Å²) in [5, 5.41) is 19.5. The Kier molecular flexibility index (Phi) is 2.05. The van der Waals surface area contributed by atoms with E-state index in [9.17, 15) is 10.2 Å². The molecule has 0 radical (unpaired) electrons. The molecule has 0 fully saturated rings. The molecule has 2 rings (SSSR count). The molecule has 0 aromatic carbocycles. The number of fused-ring (bicyclic) bond motifs is 2. The Hall–Kier alpha value is -0.600. The Bertz CT molecular complexity index is 250. The van der Waals surface area contributed by atoms with E-state index in [1.54, 1.807) is 0 Å². The van der Waals surface area contributed by atoms with Gasteiger partial charge in [-0.15, -0.1) is 0 Å². The predicted molar refractivity (Wildman–Crippen MR) is 51.1 cm³/mol. The number of rotatable bonds is 0. The SMILES string of the molecule is CC1=C[C@H](O)[C@@H]2C[C@H]1[C@@H](O)C=C2C. The summed E-state index contributed by atoms with van der Waals surface area (Å²) in [7, 11) is 0. The van der Waals surface area contributed by atoms with Gasteiger partial charge in [0.05, 0.1) is 12.2 Å². The van der Waals surface area contributed by atoms with Gasteiger partial charge in [0, 0.05) is 11.8 Å². The minimum Gasteiger partial charge on any atom is -0.388 e. The van der Waals surface area contributed by atoms with Crippen molar-refractivity contribution in [3.63, 3.8) is 0 Å². The molecular formula is C11H16O2. The van der Waals surface area contributed by atoms with E-state index in [1.807, 2.05) is 26.0 Å². The molecule has 2 bridgehead atoms. The average Bonchev–Trinajstić information content (AvgIpc) is 2.02. The highest BCUT2D eigenvalue weighted by Gasteiger charge is 2.36. The lowest BCUT2D eigenvalue weighted by molar-refractivity contribution is 0.0877. The first-order valence-corrected chi connectivity index (χ1v) is 4.82. The minimum absolute atomic E-state index is 0.233. The second-order valence-corrected chi connectivity index (χ2v) is 4.25. The molecule has 72 valence electrons. The molecule has 0 heterocycles. The first-order valence-electron chi connectivity index (χ1n) is 4.82. The largest absolute Gasteiger partial charge is 0.388 e. The zero-order valence-corrected chi connectivity index (χ0v) is 8.07. The van der Waals surface area contributed by atoms with Crippen LogP contribution in [0.2, 0.25) is 0 Å². The van der Waals surface area contributed by atoms with Crippen LogP contribution >= 0.6 is 0 Å². The molecule has 0 saturated heterocycles. The molecule has 2 nitrogen and oxygen atoms in total. The van der Waals surface area contributed by atoms with E-state index >= 15 is 0 Å². The molecule has 0 spiro atoms. The van der Waals surface area contributed by atoms with E-state index in [4.69, 9.17) is 0 Å². The van der Waals surface area contributed by atoms with Crippen molar-refractivity contribution in [3.8, 4) is 0 Å². The third kappa shape index (κ3) is 1.34. The highest BCUT2D eigenvalue weighted by molar-refractivity contribution is 5.27. The van der Waals surface area contributed by atoms with Gasteiger partial charge in [-0.1, -0.05) is 23.3 Å². The first kappa shape index (κ1) is 8.97. The molecule has 0 aliphatic heterocycles. The summed E-state index contributed by atoms with van der Waals surface area (Å²) in [5.41, 5.74) is 2.25. The summed E-state index contributed by atoms with van der Waals surface area (Å²) in [6.07, 6.45) is 3.98.